The van der Waals surface area contributed by atoms with Gasteiger partial charge in [-0.3, -0.25) is 4.79 Å². The van der Waals surface area contributed by atoms with Crippen molar-refractivity contribution in [3.05, 3.63) is 84.2 Å². The standard InChI is InChI=1S/C21H20NO2/c23-15-7-6-12-20-19-11-5-4-8-17(19)13-14-22(20)16-21(24)18-9-2-1-3-10-18/h1-6,8-14,23H,7,15-16H2/q+1. The predicted octanol–water partition coefficient (Wildman–Crippen LogP) is 3.41. The van der Waals surface area contributed by atoms with Gasteiger partial charge >= 0.3 is 0 Å². The molecule has 3 nitrogen and oxygen atoms in total. The highest BCUT2D eigenvalue weighted by atomic mass is 16.2. The number of nitrogens with zero attached hydrogens (tertiary/aromatic N) is 1. The average Bonchev–Trinajstić information content (AvgIpc) is 2.64. The summed E-state index contributed by atoms with van der Waals surface area (Å²) in [6.07, 6.45) is 6.46. The van der Waals surface area contributed by atoms with Crippen molar-refractivity contribution in [2.75, 3.05) is 6.61 Å². The molecule has 1 N–H and O–H groups in total. The second-order valence-electron chi connectivity index (χ2n) is 5.62. The second kappa shape index (κ2) is 7.66. The van der Waals surface area contributed by atoms with Crippen molar-refractivity contribution in [3.8, 4) is 0 Å². The van der Waals surface area contributed by atoms with Crippen LogP contribution in [0.15, 0.2) is 72.9 Å². The lowest BCUT2D eigenvalue weighted by atomic mass is 10.1. The van der Waals surface area contributed by atoms with Gasteiger partial charge in [-0.05, 0) is 17.9 Å². The normalized spacial score (nSPS) is 11.2. The van der Waals surface area contributed by atoms with Gasteiger partial charge in [-0.1, -0.05) is 54.6 Å². The molecule has 0 bridgehead atoms. The van der Waals surface area contributed by atoms with Crippen LogP contribution in [0.3, 0.4) is 0 Å². The van der Waals surface area contributed by atoms with E-state index in [0.717, 1.165) is 16.5 Å². The molecule has 0 aliphatic rings. The minimum atomic E-state index is 0.0766. The molecule has 0 fully saturated rings. The van der Waals surface area contributed by atoms with Crippen LogP contribution >= 0.6 is 0 Å². The van der Waals surface area contributed by atoms with Gasteiger partial charge in [0.2, 0.25) is 18.0 Å². The van der Waals surface area contributed by atoms with Gasteiger partial charge in [0.05, 0.1) is 5.39 Å². The van der Waals surface area contributed by atoms with E-state index in [0.29, 0.717) is 12.0 Å². The largest absolute Gasteiger partial charge is 0.396 e. The fraction of sp³-hybridized carbons (Fsp3) is 0.143. The SMILES string of the molecule is O=C(C[n+]1ccc2ccccc2c1C=CCCO)c1ccccc1. The third-order valence-electron chi connectivity index (χ3n) is 3.96. The van der Waals surface area contributed by atoms with Crippen molar-refractivity contribution in [3.63, 3.8) is 0 Å². The molecule has 0 unspecified atom stereocenters. The van der Waals surface area contributed by atoms with Gasteiger partial charge in [0, 0.05) is 24.3 Å². The number of pyridine rings is 1. The van der Waals surface area contributed by atoms with E-state index in [9.17, 15) is 4.79 Å². The highest BCUT2D eigenvalue weighted by Crippen LogP contribution is 2.17. The zero-order valence-corrected chi connectivity index (χ0v) is 13.4. The predicted molar refractivity (Wildman–Crippen MR) is 95.7 cm³/mol. The van der Waals surface area contributed by atoms with Crippen molar-refractivity contribution < 1.29 is 14.5 Å². The molecule has 0 saturated heterocycles. The first-order chi connectivity index (χ1) is 11.8. The summed E-state index contributed by atoms with van der Waals surface area (Å²) in [7, 11) is 0. The summed E-state index contributed by atoms with van der Waals surface area (Å²) in [4.78, 5) is 12.5. The van der Waals surface area contributed by atoms with Crippen LogP contribution in [0, 0.1) is 0 Å². The molecule has 3 aromatic rings. The molecular weight excluding hydrogens is 298 g/mol. The van der Waals surface area contributed by atoms with E-state index in [4.69, 9.17) is 5.11 Å². The maximum absolute atomic E-state index is 12.5. The highest BCUT2D eigenvalue weighted by Gasteiger charge is 2.17. The second-order valence-corrected chi connectivity index (χ2v) is 5.62. The van der Waals surface area contributed by atoms with Crippen LogP contribution in [0.4, 0.5) is 0 Å². The van der Waals surface area contributed by atoms with Crippen molar-refractivity contribution in [2.45, 2.75) is 13.0 Å². The Bertz CT molecular complexity index is 869. The Morgan fingerprint density at radius 2 is 1.75 bits per heavy atom. The van der Waals surface area contributed by atoms with Crippen LogP contribution in [0.2, 0.25) is 0 Å². The zero-order valence-electron chi connectivity index (χ0n) is 13.4. The minimum Gasteiger partial charge on any atom is -0.396 e. The Morgan fingerprint density at radius 3 is 2.54 bits per heavy atom. The maximum atomic E-state index is 12.5. The summed E-state index contributed by atoms with van der Waals surface area (Å²) in [5.41, 5.74) is 1.69. The Hall–Kier alpha value is -2.78. The summed E-state index contributed by atoms with van der Waals surface area (Å²) < 4.78 is 1.96. The van der Waals surface area contributed by atoms with Crippen molar-refractivity contribution in [2.24, 2.45) is 0 Å². The summed E-state index contributed by atoms with van der Waals surface area (Å²) in [6.45, 7) is 0.401. The fourth-order valence-electron chi connectivity index (χ4n) is 2.74. The molecule has 3 heteroatoms. The van der Waals surface area contributed by atoms with Crippen LogP contribution in [-0.4, -0.2) is 17.5 Å². The van der Waals surface area contributed by atoms with E-state index in [2.05, 4.69) is 12.1 Å². The molecule has 0 radical (unpaired) electrons. The lowest BCUT2D eigenvalue weighted by molar-refractivity contribution is -0.683. The van der Waals surface area contributed by atoms with Gasteiger partial charge in [0.15, 0.2) is 6.20 Å². The van der Waals surface area contributed by atoms with Gasteiger partial charge in [-0.25, -0.2) is 0 Å². The van der Waals surface area contributed by atoms with Crippen LogP contribution in [0.1, 0.15) is 22.5 Å². The first kappa shape index (κ1) is 16.1. The molecule has 24 heavy (non-hydrogen) atoms. The highest BCUT2D eigenvalue weighted by molar-refractivity contribution is 5.95. The number of rotatable bonds is 6. The van der Waals surface area contributed by atoms with Crippen LogP contribution in [0.25, 0.3) is 16.8 Å². The molecule has 0 aliphatic heterocycles. The smallest absolute Gasteiger partial charge is 0.227 e. The average molecular weight is 318 g/mol. The molecule has 2 aromatic carbocycles. The topological polar surface area (TPSA) is 41.2 Å². The molecule has 1 aromatic heterocycles. The van der Waals surface area contributed by atoms with Crippen molar-refractivity contribution in [1.29, 1.82) is 0 Å². The number of hydrogen-bond acceptors (Lipinski definition) is 2. The Kier molecular flexibility index (Phi) is 5.14. The summed E-state index contributed by atoms with van der Waals surface area (Å²) in [5.74, 6) is 0.0766. The number of aliphatic hydroxyl groups excluding tert-OH is 1. The molecule has 0 spiro atoms. The molecule has 1 heterocycles. The lowest BCUT2D eigenvalue weighted by Gasteiger charge is -2.05. The van der Waals surface area contributed by atoms with Gasteiger partial charge in [-0.15, -0.1) is 0 Å². The Labute approximate surface area is 141 Å². The number of hydrogen-bond donors (Lipinski definition) is 1. The molecule has 3 rings (SSSR count). The summed E-state index contributed by atoms with van der Waals surface area (Å²) in [5, 5.41) is 11.2. The van der Waals surface area contributed by atoms with Crippen LogP contribution < -0.4 is 4.57 Å². The van der Waals surface area contributed by atoms with Crippen LogP contribution in [-0.2, 0) is 6.54 Å². The monoisotopic (exact) mass is 318 g/mol. The molecule has 0 amide bonds. The third-order valence-corrected chi connectivity index (χ3v) is 3.96. The zero-order chi connectivity index (χ0) is 16.8. The molecule has 120 valence electrons. The third kappa shape index (κ3) is 3.58. The van der Waals surface area contributed by atoms with E-state index in [1.165, 1.54) is 0 Å². The first-order valence-corrected chi connectivity index (χ1v) is 8.06. The number of carbonyl (C=O) groups excluding carboxylic acids is 1. The quantitative estimate of drug-likeness (QED) is 0.559. The fourth-order valence-corrected chi connectivity index (χ4v) is 2.74. The van der Waals surface area contributed by atoms with Gasteiger partial charge in [-0.2, -0.15) is 4.57 Å². The molecule has 0 atom stereocenters. The van der Waals surface area contributed by atoms with Crippen molar-refractivity contribution in [1.82, 2.24) is 0 Å². The van der Waals surface area contributed by atoms with E-state index in [1.54, 1.807) is 0 Å². The number of benzene rings is 2. The number of Topliss-reactive ketones (excluding diaryl/α,β-unsaturated/α-hetero) is 1. The molecule has 0 aliphatic carbocycles. The van der Waals surface area contributed by atoms with Gasteiger partial charge in [0.1, 0.15) is 0 Å². The number of fused-ring (bicyclic) bond motifs is 1. The summed E-state index contributed by atoms with van der Waals surface area (Å²) >= 11 is 0. The summed E-state index contributed by atoms with van der Waals surface area (Å²) in [6, 6.07) is 19.5. The molecular formula is C21H20NO2+. The van der Waals surface area contributed by atoms with Gasteiger partial charge in [0.25, 0.3) is 0 Å². The molecule has 0 saturated carbocycles. The minimum absolute atomic E-state index is 0.0766. The lowest BCUT2D eigenvalue weighted by Crippen LogP contribution is -2.40. The van der Waals surface area contributed by atoms with Gasteiger partial charge < -0.3 is 5.11 Å². The maximum Gasteiger partial charge on any atom is 0.227 e. The van der Waals surface area contributed by atoms with E-state index >= 15 is 0 Å². The number of aliphatic hydroxyl groups is 1. The first-order valence-electron chi connectivity index (χ1n) is 8.06. The number of carbonyl (C=O) groups is 1. The van der Waals surface area contributed by atoms with E-state index < -0.39 is 0 Å². The Morgan fingerprint density at radius 1 is 1.00 bits per heavy atom. The van der Waals surface area contributed by atoms with E-state index in [1.807, 2.05) is 71.4 Å². The van der Waals surface area contributed by atoms with E-state index in [-0.39, 0.29) is 18.9 Å². The number of ketones is 1. The van der Waals surface area contributed by atoms with Crippen LogP contribution in [0.5, 0.6) is 0 Å². The van der Waals surface area contributed by atoms with Crippen molar-refractivity contribution >= 4 is 22.6 Å². The Balaban J connectivity index is 2.00. The number of aromatic nitrogens is 1.